The maximum Gasteiger partial charge on any atom is 0.187 e. The summed E-state index contributed by atoms with van der Waals surface area (Å²) in [4.78, 5) is 0. The molecule has 2 aliphatic rings. The monoisotopic (exact) mass is 342 g/mol. The van der Waals surface area contributed by atoms with E-state index in [1.165, 1.54) is 0 Å². The Balaban J connectivity index is 2.11. The Morgan fingerprint density at radius 1 is 0.652 bits per heavy atom. The first-order chi connectivity index (χ1) is 10.8. The van der Waals surface area contributed by atoms with Crippen molar-refractivity contribution in [2.75, 3.05) is 13.2 Å². The van der Waals surface area contributed by atoms with Gasteiger partial charge in [0.1, 0.15) is 48.8 Å². The van der Waals surface area contributed by atoms with E-state index in [1.54, 1.807) is 0 Å². The van der Waals surface area contributed by atoms with Crippen molar-refractivity contribution in [3.63, 3.8) is 0 Å². The summed E-state index contributed by atoms with van der Waals surface area (Å²) in [6.45, 7) is -1.34. The van der Waals surface area contributed by atoms with Crippen molar-refractivity contribution in [1.29, 1.82) is 0 Å². The number of aliphatic hydroxyl groups is 8. The number of hydrogen-bond donors (Lipinski definition) is 8. The first-order valence-corrected chi connectivity index (χ1v) is 7.08. The van der Waals surface area contributed by atoms with E-state index < -0.39 is 74.6 Å². The third-order valence-electron chi connectivity index (χ3n) is 3.98. The Kier molecular flexibility index (Phi) is 6.27. The van der Waals surface area contributed by atoms with E-state index >= 15 is 0 Å². The third-order valence-corrected chi connectivity index (χ3v) is 3.98. The van der Waals surface area contributed by atoms with Crippen LogP contribution in [-0.4, -0.2) is 115 Å². The molecule has 0 bridgehead atoms. The molecule has 11 nitrogen and oxygen atoms in total. The van der Waals surface area contributed by atoms with Gasteiger partial charge in [0.25, 0.3) is 0 Å². The standard InChI is InChI=1S/C12H22O11/c13-1-3-5(15)7(17)8(18)12(22-3)23-10-6(16)4(2-14)21-11(20)9(10)19/h3-20H,1-2H2/t3-,4-,5-,6-,7+,8+,9+,10+,11?,12-/m1/s1. The normalized spacial score (nSPS) is 51.7. The molecule has 136 valence electrons. The SMILES string of the molecule is OC[C@H]1O[C@H](O[C@H]2[C@H](O)[C@@H](CO)OC(O)[C@H]2O)[C@@H](O)[C@@H](O)[C@@H]1O. The maximum atomic E-state index is 10.00. The average Bonchev–Trinajstić information content (AvgIpc) is 2.54. The van der Waals surface area contributed by atoms with E-state index in [9.17, 15) is 30.6 Å². The van der Waals surface area contributed by atoms with Crippen LogP contribution in [-0.2, 0) is 14.2 Å². The van der Waals surface area contributed by atoms with Gasteiger partial charge in [-0.15, -0.1) is 0 Å². The Morgan fingerprint density at radius 2 is 1.22 bits per heavy atom. The lowest BCUT2D eigenvalue weighted by Crippen LogP contribution is -2.64. The highest BCUT2D eigenvalue weighted by atomic mass is 16.7. The van der Waals surface area contributed by atoms with Gasteiger partial charge >= 0.3 is 0 Å². The van der Waals surface area contributed by atoms with E-state index in [-0.39, 0.29) is 0 Å². The number of rotatable bonds is 4. The summed E-state index contributed by atoms with van der Waals surface area (Å²) in [6, 6.07) is 0. The van der Waals surface area contributed by atoms with Crippen LogP contribution < -0.4 is 0 Å². The van der Waals surface area contributed by atoms with Crippen LogP contribution >= 0.6 is 0 Å². The van der Waals surface area contributed by atoms with Crippen LogP contribution in [0.3, 0.4) is 0 Å². The zero-order valence-corrected chi connectivity index (χ0v) is 12.0. The van der Waals surface area contributed by atoms with Crippen LogP contribution in [0.25, 0.3) is 0 Å². The smallest absolute Gasteiger partial charge is 0.187 e. The molecule has 0 aromatic carbocycles. The lowest BCUT2D eigenvalue weighted by molar-refractivity contribution is -0.355. The summed E-state index contributed by atoms with van der Waals surface area (Å²) < 4.78 is 15.1. The largest absolute Gasteiger partial charge is 0.394 e. The molecule has 2 heterocycles. The lowest BCUT2D eigenvalue weighted by atomic mass is 9.97. The van der Waals surface area contributed by atoms with Crippen LogP contribution in [0.4, 0.5) is 0 Å². The first-order valence-electron chi connectivity index (χ1n) is 7.08. The van der Waals surface area contributed by atoms with Crippen molar-refractivity contribution in [2.24, 2.45) is 0 Å². The topological polar surface area (TPSA) is 190 Å². The molecule has 1 unspecified atom stereocenters. The van der Waals surface area contributed by atoms with Crippen LogP contribution in [0, 0.1) is 0 Å². The van der Waals surface area contributed by atoms with Gasteiger partial charge in [-0.05, 0) is 0 Å². The molecule has 8 N–H and O–H groups in total. The molecule has 10 atom stereocenters. The van der Waals surface area contributed by atoms with Gasteiger partial charge in [0.05, 0.1) is 13.2 Å². The second-order valence-electron chi connectivity index (χ2n) is 5.53. The van der Waals surface area contributed by atoms with Crippen LogP contribution in [0.1, 0.15) is 0 Å². The van der Waals surface area contributed by atoms with E-state index in [0.29, 0.717) is 0 Å². The molecule has 11 heteroatoms. The fraction of sp³-hybridized carbons (Fsp3) is 1.00. The van der Waals surface area contributed by atoms with Crippen molar-refractivity contribution in [1.82, 2.24) is 0 Å². The number of aliphatic hydroxyl groups excluding tert-OH is 8. The maximum absolute atomic E-state index is 10.00. The zero-order chi connectivity index (χ0) is 17.3. The molecule has 2 rings (SSSR count). The second kappa shape index (κ2) is 7.63. The Labute approximate surface area is 130 Å². The second-order valence-corrected chi connectivity index (χ2v) is 5.53. The van der Waals surface area contributed by atoms with Gasteiger partial charge in [0, 0.05) is 0 Å². The quantitative estimate of drug-likeness (QED) is 0.243. The number of hydrogen-bond acceptors (Lipinski definition) is 11. The van der Waals surface area contributed by atoms with Crippen molar-refractivity contribution in [2.45, 2.75) is 61.4 Å². The van der Waals surface area contributed by atoms with Gasteiger partial charge in [-0.2, -0.15) is 0 Å². The highest BCUT2D eigenvalue weighted by Gasteiger charge is 2.50. The highest BCUT2D eigenvalue weighted by Crippen LogP contribution is 2.28. The molecule has 0 spiro atoms. The summed E-state index contributed by atoms with van der Waals surface area (Å²) in [5.74, 6) is 0. The Bertz CT molecular complexity index is 380. The van der Waals surface area contributed by atoms with Gasteiger partial charge in [-0.25, -0.2) is 0 Å². The average molecular weight is 342 g/mol. The number of ether oxygens (including phenoxy) is 3. The minimum Gasteiger partial charge on any atom is -0.394 e. The molecule has 0 aromatic heterocycles. The Morgan fingerprint density at radius 3 is 1.78 bits per heavy atom. The molecular formula is C12H22O11. The molecular weight excluding hydrogens is 320 g/mol. The predicted molar refractivity (Wildman–Crippen MR) is 68.6 cm³/mol. The Hall–Kier alpha value is -0.440. The fourth-order valence-electron chi connectivity index (χ4n) is 2.56. The van der Waals surface area contributed by atoms with Crippen molar-refractivity contribution < 1.29 is 55.1 Å². The summed E-state index contributed by atoms with van der Waals surface area (Å²) in [5, 5.41) is 76.8. The van der Waals surface area contributed by atoms with Crippen molar-refractivity contribution >= 4 is 0 Å². The van der Waals surface area contributed by atoms with Crippen molar-refractivity contribution in [3.05, 3.63) is 0 Å². The minimum absolute atomic E-state index is 0.667. The van der Waals surface area contributed by atoms with E-state index in [1.807, 2.05) is 0 Å². The van der Waals surface area contributed by atoms with Crippen LogP contribution in [0.5, 0.6) is 0 Å². The molecule has 2 saturated heterocycles. The summed E-state index contributed by atoms with van der Waals surface area (Å²) in [7, 11) is 0. The summed E-state index contributed by atoms with van der Waals surface area (Å²) in [5.41, 5.74) is 0. The van der Waals surface area contributed by atoms with Gasteiger partial charge in [0.2, 0.25) is 0 Å². The van der Waals surface area contributed by atoms with E-state index in [0.717, 1.165) is 0 Å². The van der Waals surface area contributed by atoms with Gasteiger partial charge in [-0.1, -0.05) is 0 Å². The minimum atomic E-state index is -1.76. The van der Waals surface area contributed by atoms with Gasteiger partial charge < -0.3 is 55.1 Å². The molecule has 23 heavy (non-hydrogen) atoms. The lowest BCUT2D eigenvalue weighted by Gasteiger charge is -2.45. The molecule has 0 aromatic rings. The molecule has 0 amide bonds. The van der Waals surface area contributed by atoms with Gasteiger partial charge in [-0.3, -0.25) is 0 Å². The zero-order valence-electron chi connectivity index (χ0n) is 12.0. The summed E-state index contributed by atoms with van der Waals surface area (Å²) in [6.07, 6.45) is -15.7. The van der Waals surface area contributed by atoms with E-state index in [2.05, 4.69) is 0 Å². The van der Waals surface area contributed by atoms with Crippen LogP contribution in [0.2, 0.25) is 0 Å². The predicted octanol–water partition coefficient (Wildman–Crippen LogP) is -5.40. The molecule has 0 saturated carbocycles. The third kappa shape index (κ3) is 3.65. The first kappa shape index (κ1) is 18.9. The molecule has 0 aliphatic carbocycles. The van der Waals surface area contributed by atoms with Crippen LogP contribution in [0.15, 0.2) is 0 Å². The van der Waals surface area contributed by atoms with Crippen molar-refractivity contribution in [3.8, 4) is 0 Å². The summed E-state index contributed by atoms with van der Waals surface area (Å²) >= 11 is 0. The van der Waals surface area contributed by atoms with E-state index in [4.69, 9.17) is 24.4 Å². The fourth-order valence-corrected chi connectivity index (χ4v) is 2.56. The molecule has 2 aliphatic heterocycles. The molecule has 0 radical (unpaired) electrons. The van der Waals surface area contributed by atoms with Gasteiger partial charge in [0.15, 0.2) is 12.6 Å². The molecule has 2 fully saturated rings. The highest BCUT2D eigenvalue weighted by molar-refractivity contribution is 4.93.